The van der Waals surface area contributed by atoms with Crippen molar-refractivity contribution in [1.29, 1.82) is 0 Å². The summed E-state index contributed by atoms with van der Waals surface area (Å²) in [5.41, 5.74) is 2.48. The van der Waals surface area contributed by atoms with Gasteiger partial charge in [-0.3, -0.25) is 0 Å². The van der Waals surface area contributed by atoms with E-state index >= 15 is 0 Å². The van der Waals surface area contributed by atoms with Gasteiger partial charge in [0.05, 0.1) is 0 Å². The van der Waals surface area contributed by atoms with E-state index < -0.39 is 0 Å². The van der Waals surface area contributed by atoms with Gasteiger partial charge in [0.15, 0.2) is 0 Å². The van der Waals surface area contributed by atoms with Gasteiger partial charge in [-0.15, -0.1) is 26.7 Å². The first-order valence-corrected chi connectivity index (χ1v) is 3.87. The van der Waals surface area contributed by atoms with Crippen molar-refractivity contribution in [2.75, 3.05) is 0 Å². The van der Waals surface area contributed by atoms with Crippen LogP contribution in [0.3, 0.4) is 0 Å². The molecule has 0 aromatic carbocycles. The van der Waals surface area contributed by atoms with Crippen LogP contribution in [0.15, 0.2) is 11.1 Å². The summed E-state index contributed by atoms with van der Waals surface area (Å²) in [7, 11) is 0. The second-order valence-electron chi connectivity index (χ2n) is 2.31. The molecule has 12 heavy (non-hydrogen) atoms. The zero-order valence-electron chi connectivity index (χ0n) is 9.41. The maximum absolute atomic E-state index is 3.25. The topological polar surface area (TPSA) is 0 Å². The first kappa shape index (κ1) is 18.5. The monoisotopic (exact) mass is 150 g/mol. The Balaban J connectivity index is -0.000000405. The average Bonchev–Trinajstić information content (AvgIpc) is 1.89. The number of allylic oxidation sites excluding steroid dienone is 4. The predicted molar refractivity (Wildman–Crippen MR) is 45.4 cm³/mol. The van der Waals surface area contributed by atoms with E-state index in [0.717, 1.165) is 12.8 Å². The minimum absolute atomic E-state index is 0. The van der Waals surface area contributed by atoms with Crippen molar-refractivity contribution in [3.63, 3.8) is 0 Å². The third kappa shape index (κ3) is 8.77. The van der Waals surface area contributed by atoms with Crippen LogP contribution >= 0.6 is 0 Å². The maximum atomic E-state index is 3.25. The summed E-state index contributed by atoms with van der Waals surface area (Å²) in [6.07, 6.45) is 8.48. The van der Waals surface area contributed by atoms with Gasteiger partial charge in [-0.05, 0) is 0 Å². The number of hydrogen-bond donors (Lipinski definition) is 0. The summed E-state index contributed by atoms with van der Waals surface area (Å²) in [6.45, 7) is 8.37. The second kappa shape index (κ2) is 11.7. The molecule has 0 saturated heterocycles. The Morgan fingerprint density at radius 1 is 0.833 bits per heavy atom. The fraction of sp³-hybridized carbons (Fsp3) is 0.600. The van der Waals surface area contributed by atoms with Gasteiger partial charge in [-0.25, -0.2) is 0 Å². The molecule has 0 aliphatic heterocycles. The fourth-order valence-corrected chi connectivity index (χ4v) is 0.795. The molecule has 0 rings (SSSR count). The van der Waals surface area contributed by atoms with Crippen molar-refractivity contribution in [1.82, 2.24) is 0 Å². The molecule has 0 heterocycles. The van der Waals surface area contributed by atoms with Crippen LogP contribution in [-0.4, -0.2) is 0 Å². The Bertz CT molecular complexity index is 128. The molecular formula is C10H16Li2. The van der Waals surface area contributed by atoms with Crippen LogP contribution in [0.2, 0.25) is 0 Å². The molecule has 0 radical (unpaired) electrons. The van der Waals surface area contributed by atoms with Gasteiger partial charge in [-0.2, -0.15) is 0 Å². The molecule has 0 saturated carbocycles. The van der Waals surface area contributed by atoms with Gasteiger partial charge < -0.3 is 23.3 Å². The molecule has 0 unspecified atom stereocenters. The van der Waals surface area contributed by atoms with Crippen LogP contribution in [0.4, 0.5) is 0 Å². The van der Waals surface area contributed by atoms with E-state index in [1.54, 1.807) is 0 Å². The smallest absolute Gasteiger partial charge is 0.376 e. The van der Waals surface area contributed by atoms with Crippen molar-refractivity contribution in [3.8, 4) is 0 Å². The minimum atomic E-state index is 0. The molecule has 0 aromatic rings. The Kier molecular flexibility index (Phi) is 18.0. The van der Waals surface area contributed by atoms with Crippen LogP contribution in [-0.2, 0) is 0 Å². The summed E-state index contributed by atoms with van der Waals surface area (Å²) < 4.78 is 0. The third-order valence-corrected chi connectivity index (χ3v) is 1.45. The predicted octanol–water partition coefficient (Wildman–Crippen LogP) is -2.69. The van der Waals surface area contributed by atoms with E-state index in [1.807, 2.05) is 0 Å². The molecule has 0 spiro atoms. The van der Waals surface area contributed by atoms with Crippen molar-refractivity contribution < 1.29 is 37.7 Å². The number of rotatable bonds is 3. The van der Waals surface area contributed by atoms with Gasteiger partial charge in [0.25, 0.3) is 0 Å². The van der Waals surface area contributed by atoms with Crippen LogP contribution in [0.1, 0.15) is 40.5 Å². The molecule has 0 atom stereocenters. The normalized spacial score (nSPS) is 11.7. The molecule has 0 aromatic heterocycles. The third-order valence-electron chi connectivity index (χ3n) is 1.45. The summed E-state index contributed by atoms with van der Waals surface area (Å²) in [4.78, 5) is 0. The molecule has 0 aliphatic rings. The number of hydrogen-bond acceptors (Lipinski definition) is 0. The molecule has 0 bridgehead atoms. The van der Waals surface area contributed by atoms with E-state index in [0.29, 0.717) is 0 Å². The Morgan fingerprint density at radius 3 is 1.25 bits per heavy atom. The van der Waals surface area contributed by atoms with Crippen LogP contribution in [0, 0.1) is 12.2 Å². The Hall–Kier alpha value is 0.675. The van der Waals surface area contributed by atoms with Crippen LogP contribution in [0.25, 0.3) is 0 Å². The van der Waals surface area contributed by atoms with Gasteiger partial charge >= 0.3 is 37.7 Å². The standard InChI is InChI=1S/C10H16.2Li/c1-5-7-9(3)10(4)8-6-2;;/h5-6H2,1-4H3;;/q-2;2*+1. The summed E-state index contributed by atoms with van der Waals surface area (Å²) >= 11 is 0. The largest absolute Gasteiger partial charge is 1.00 e. The molecule has 0 N–H and O–H groups in total. The van der Waals surface area contributed by atoms with Crippen LogP contribution < -0.4 is 37.7 Å². The summed E-state index contributed by atoms with van der Waals surface area (Å²) in [5, 5.41) is 0. The minimum Gasteiger partial charge on any atom is -0.376 e. The average molecular weight is 150 g/mol. The first-order valence-electron chi connectivity index (χ1n) is 3.87. The SMILES string of the molecule is CC[C-]=C(C)C(C)=[C-]CC.[Li+].[Li+]. The van der Waals surface area contributed by atoms with E-state index in [4.69, 9.17) is 0 Å². The Morgan fingerprint density at radius 2 is 1.08 bits per heavy atom. The van der Waals surface area contributed by atoms with Crippen molar-refractivity contribution >= 4 is 0 Å². The Labute approximate surface area is 101 Å². The maximum Gasteiger partial charge on any atom is 1.00 e. The molecule has 0 amide bonds. The summed E-state index contributed by atoms with van der Waals surface area (Å²) in [6, 6.07) is 0. The van der Waals surface area contributed by atoms with Crippen molar-refractivity contribution in [3.05, 3.63) is 23.3 Å². The zero-order chi connectivity index (χ0) is 7.98. The molecule has 0 aliphatic carbocycles. The van der Waals surface area contributed by atoms with E-state index in [-0.39, 0.29) is 37.7 Å². The zero-order valence-corrected chi connectivity index (χ0v) is 9.41. The second-order valence-corrected chi connectivity index (χ2v) is 2.31. The summed E-state index contributed by atoms with van der Waals surface area (Å²) in [5.74, 6) is 0. The van der Waals surface area contributed by atoms with Crippen LogP contribution in [0.5, 0.6) is 0 Å². The van der Waals surface area contributed by atoms with Gasteiger partial charge in [-0.1, -0.05) is 13.8 Å². The first-order chi connectivity index (χ1) is 4.72. The fourth-order valence-electron chi connectivity index (χ4n) is 0.795. The van der Waals surface area contributed by atoms with Gasteiger partial charge in [0, 0.05) is 0 Å². The molecule has 2 heteroatoms. The van der Waals surface area contributed by atoms with E-state index in [9.17, 15) is 0 Å². The van der Waals surface area contributed by atoms with Crippen molar-refractivity contribution in [2.45, 2.75) is 40.5 Å². The molecule has 0 nitrogen and oxygen atoms in total. The van der Waals surface area contributed by atoms with E-state index in [1.165, 1.54) is 11.1 Å². The van der Waals surface area contributed by atoms with Gasteiger partial charge in [0.1, 0.15) is 0 Å². The molecular weight excluding hydrogens is 134 g/mol. The molecule has 0 fully saturated rings. The molecule has 58 valence electrons. The van der Waals surface area contributed by atoms with Gasteiger partial charge in [0.2, 0.25) is 0 Å². The van der Waals surface area contributed by atoms with Crippen molar-refractivity contribution in [2.24, 2.45) is 0 Å². The quantitative estimate of drug-likeness (QED) is 0.233. The van der Waals surface area contributed by atoms with E-state index in [2.05, 4.69) is 39.8 Å².